The van der Waals surface area contributed by atoms with E-state index in [0.717, 1.165) is 0 Å². The van der Waals surface area contributed by atoms with Crippen molar-refractivity contribution in [3.05, 3.63) is 12.7 Å². The maximum absolute atomic E-state index is 8.97. The van der Waals surface area contributed by atoms with Gasteiger partial charge in [0.25, 0.3) is 0 Å². The molecule has 0 fully saturated rings. The minimum absolute atomic E-state index is 0.583. The van der Waals surface area contributed by atoms with E-state index < -0.39 is 10.3 Å². The molecule has 9 heavy (non-hydrogen) atoms. The zero-order chi connectivity index (χ0) is 7.91. The molecule has 0 bridgehead atoms. The number of nitrogens with two attached hydrogens (primary N) is 2. The van der Waals surface area contributed by atoms with Gasteiger partial charge in [0, 0.05) is 6.54 Å². The number of hydrogen-bond donors (Lipinski definition) is 3. The van der Waals surface area contributed by atoms with Gasteiger partial charge < -0.3 is 5.73 Å². The van der Waals surface area contributed by atoms with Gasteiger partial charge in [0.15, 0.2) is 0 Å². The van der Waals surface area contributed by atoms with E-state index in [1.807, 2.05) is 0 Å². The summed E-state index contributed by atoms with van der Waals surface area (Å²) in [6.07, 6.45) is 1.65. The Bertz CT molecular complexity index is 142. The average molecular weight is 154 g/mol. The molecule has 0 rings (SSSR count). The normalized spacial score (nSPS) is 9.22. The topological polar surface area (TPSA) is 106 Å². The van der Waals surface area contributed by atoms with Crippen LogP contribution in [0, 0.1) is 0 Å². The van der Waals surface area contributed by atoms with Crippen LogP contribution in [-0.4, -0.2) is 19.5 Å². The van der Waals surface area contributed by atoms with Gasteiger partial charge in [0.2, 0.25) is 0 Å². The Morgan fingerprint density at radius 3 is 1.78 bits per heavy atom. The molecule has 0 unspecified atom stereocenters. The van der Waals surface area contributed by atoms with Crippen LogP contribution in [0.3, 0.4) is 0 Å². The zero-order valence-corrected chi connectivity index (χ0v) is 5.63. The summed E-state index contributed by atoms with van der Waals surface area (Å²) in [7, 11) is -4.17. The lowest BCUT2D eigenvalue weighted by molar-refractivity contribution is 0.485. The summed E-state index contributed by atoms with van der Waals surface area (Å²) in [5, 5.41) is 3.88. The van der Waals surface area contributed by atoms with Crippen molar-refractivity contribution in [2.24, 2.45) is 10.9 Å². The van der Waals surface area contributed by atoms with Crippen LogP contribution in [0.1, 0.15) is 0 Å². The fraction of sp³-hybridized carbons (Fsp3) is 0.333. The summed E-state index contributed by atoms with van der Waals surface area (Å²) >= 11 is 0. The van der Waals surface area contributed by atoms with E-state index in [2.05, 4.69) is 11.7 Å². The van der Waals surface area contributed by atoms with Gasteiger partial charge in [0.05, 0.1) is 0 Å². The highest BCUT2D eigenvalue weighted by atomic mass is 32.2. The van der Waals surface area contributed by atoms with Crippen LogP contribution in [0.4, 0.5) is 0 Å². The van der Waals surface area contributed by atoms with Gasteiger partial charge in [-0.2, -0.15) is 8.42 Å². The molecule has 0 heterocycles. The molecule has 0 aliphatic carbocycles. The Hall–Kier alpha value is -0.430. The molecule has 0 saturated carbocycles. The monoisotopic (exact) mass is 154 g/mol. The van der Waals surface area contributed by atoms with Gasteiger partial charge in [-0.15, -0.1) is 6.58 Å². The van der Waals surface area contributed by atoms with E-state index >= 15 is 0 Å². The first-order chi connectivity index (χ1) is 3.91. The van der Waals surface area contributed by atoms with Crippen molar-refractivity contribution in [3.8, 4) is 0 Å². The Labute approximate surface area is 54.2 Å². The molecule has 0 spiro atoms. The molecule has 0 aromatic carbocycles. The van der Waals surface area contributed by atoms with Gasteiger partial charge >= 0.3 is 10.3 Å². The van der Waals surface area contributed by atoms with E-state index in [1.54, 1.807) is 6.08 Å². The summed E-state index contributed by atoms with van der Waals surface area (Å²) in [5.41, 5.74) is 4.91. The highest BCUT2D eigenvalue weighted by Gasteiger charge is 1.81. The van der Waals surface area contributed by atoms with Crippen molar-refractivity contribution in [1.29, 1.82) is 0 Å². The fourth-order valence-corrected chi connectivity index (χ4v) is 0. The molecule has 5 N–H and O–H groups in total. The summed E-state index contributed by atoms with van der Waals surface area (Å²) in [6, 6.07) is 0. The first-order valence-electron chi connectivity index (χ1n) is 1.98. The molecule has 5 nitrogen and oxygen atoms in total. The third-order valence-corrected chi connectivity index (χ3v) is 0.167. The lowest BCUT2D eigenvalue weighted by atomic mass is 10.7. The predicted molar refractivity (Wildman–Crippen MR) is 35.0 cm³/mol. The van der Waals surface area contributed by atoms with Gasteiger partial charge in [-0.1, -0.05) is 6.08 Å². The van der Waals surface area contributed by atoms with Crippen LogP contribution < -0.4 is 10.9 Å². The second-order valence-electron chi connectivity index (χ2n) is 1.04. The number of rotatable bonds is 1. The maximum Gasteiger partial charge on any atom is 0.330 e. The minimum Gasteiger partial charge on any atom is -0.327 e. The minimum atomic E-state index is -4.17. The van der Waals surface area contributed by atoms with Crippen molar-refractivity contribution in [2.75, 3.05) is 6.54 Å². The standard InChI is InChI=1S/C3H7N.H3NO3S/c1-2-3-4;1-5(2,3)4/h2H,1,3-4H2;(H3,1,2,3,4). The van der Waals surface area contributed by atoms with Crippen LogP contribution in [0.5, 0.6) is 0 Å². The Morgan fingerprint density at radius 1 is 1.67 bits per heavy atom. The SMILES string of the molecule is C=CCN.NS(=O)(=O)O. The lowest BCUT2D eigenvalue weighted by Gasteiger charge is -1.70. The largest absolute Gasteiger partial charge is 0.330 e. The first kappa shape index (κ1) is 11.4. The molecular formula is C3H10N2O3S. The molecule has 0 radical (unpaired) electrons. The van der Waals surface area contributed by atoms with E-state index in [0.29, 0.717) is 6.54 Å². The number of hydrogen-bond acceptors (Lipinski definition) is 3. The van der Waals surface area contributed by atoms with Crippen LogP contribution in [-0.2, 0) is 10.3 Å². The third-order valence-electron chi connectivity index (χ3n) is 0.167. The van der Waals surface area contributed by atoms with E-state index in [1.165, 1.54) is 0 Å². The molecule has 0 atom stereocenters. The molecule has 0 saturated heterocycles. The van der Waals surface area contributed by atoms with Crippen LogP contribution in [0.2, 0.25) is 0 Å². The Kier molecular flexibility index (Phi) is 7.21. The van der Waals surface area contributed by atoms with E-state index in [4.69, 9.17) is 18.7 Å². The Balaban J connectivity index is 0. The molecule has 0 amide bonds. The zero-order valence-electron chi connectivity index (χ0n) is 4.82. The van der Waals surface area contributed by atoms with E-state index in [-0.39, 0.29) is 0 Å². The summed E-state index contributed by atoms with van der Waals surface area (Å²) in [5.74, 6) is 0. The van der Waals surface area contributed by atoms with Gasteiger partial charge in [-0.3, -0.25) is 4.55 Å². The summed E-state index contributed by atoms with van der Waals surface area (Å²) in [4.78, 5) is 0. The highest BCUT2D eigenvalue weighted by molar-refractivity contribution is 7.83. The van der Waals surface area contributed by atoms with Crippen molar-refractivity contribution in [2.45, 2.75) is 0 Å². The second kappa shape index (κ2) is 5.70. The first-order valence-corrected chi connectivity index (χ1v) is 3.48. The second-order valence-corrected chi connectivity index (χ2v) is 2.07. The average Bonchev–Trinajstić information content (AvgIpc) is 1.61. The van der Waals surface area contributed by atoms with Crippen LogP contribution in [0.15, 0.2) is 12.7 Å². The molecule has 6 heteroatoms. The van der Waals surface area contributed by atoms with Gasteiger partial charge in [0.1, 0.15) is 0 Å². The molecule has 0 aliphatic rings. The molecule has 56 valence electrons. The highest BCUT2D eigenvalue weighted by Crippen LogP contribution is 1.50. The van der Waals surface area contributed by atoms with Crippen molar-refractivity contribution in [1.82, 2.24) is 0 Å². The van der Waals surface area contributed by atoms with Crippen LogP contribution in [0.25, 0.3) is 0 Å². The van der Waals surface area contributed by atoms with Gasteiger partial charge in [-0.05, 0) is 0 Å². The third kappa shape index (κ3) is 723. The van der Waals surface area contributed by atoms with Gasteiger partial charge in [-0.25, -0.2) is 5.14 Å². The molecular weight excluding hydrogens is 144 g/mol. The van der Waals surface area contributed by atoms with Crippen LogP contribution >= 0.6 is 0 Å². The Morgan fingerprint density at radius 2 is 1.78 bits per heavy atom. The van der Waals surface area contributed by atoms with Crippen molar-refractivity contribution >= 4 is 10.3 Å². The summed E-state index contributed by atoms with van der Waals surface area (Å²) < 4.78 is 25.2. The lowest BCUT2D eigenvalue weighted by Crippen LogP contribution is -2.08. The summed E-state index contributed by atoms with van der Waals surface area (Å²) in [6.45, 7) is 3.94. The molecule has 0 aromatic rings. The molecule has 0 aliphatic heterocycles. The predicted octanol–water partition coefficient (Wildman–Crippen LogP) is -1.12. The fourth-order valence-electron chi connectivity index (χ4n) is 0. The van der Waals surface area contributed by atoms with Crippen molar-refractivity contribution < 1.29 is 13.0 Å². The van der Waals surface area contributed by atoms with Crippen molar-refractivity contribution in [3.63, 3.8) is 0 Å². The molecule has 0 aromatic heterocycles. The maximum atomic E-state index is 8.97. The van der Waals surface area contributed by atoms with E-state index in [9.17, 15) is 0 Å². The quantitative estimate of drug-likeness (QED) is 0.328. The smallest absolute Gasteiger partial charge is 0.327 e.